The van der Waals surface area contributed by atoms with Crippen LogP contribution in [0.2, 0.25) is 5.02 Å². The Hall–Kier alpha value is -2.74. The average molecular weight is 313 g/mol. The van der Waals surface area contributed by atoms with E-state index in [2.05, 4.69) is 4.98 Å². The number of aromatic nitrogens is 1. The molecule has 0 saturated carbocycles. The maximum atomic E-state index is 13.7. The molecule has 1 aromatic carbocycles. The Balaban J connectivity index is 2.46. The standard InChI is InChI=1S/C12H6ClFN2O5/c13-7-2-1-3-9(10(7)14)21-11-8(16(19)20)4-6(5-15-11)12(17)18/h1-5H,(H,17,18). The van der Waals surface area contributed by atoms with Crippen molar-refractivity contribution in [3.63, 3.8) is 0 Å². The van der Waals surface area contributed by atoms with E-state index < -0.39 is 28.3 Å². The monoisotopic (exact) mass is 312 g/mol. The lowest BCUT2D eigenvalue weighted by atomic mass is 10.2. The summed E-state index contributed by atoms with van der Waals surface area (Å²) in [5.41, 5.74) is -1.09. The summed E-state index contributed by atoms with van der Waals surface area (Å²) in [5, 5.41) is 19.5. The molecular formula is C12H6ClFN2O5. The molecule has 0 aliphatic heterocycles. The Morgan fingerprint density at radius 2 is 2.19 bits per heavy atom. The van der Waals surface area contributed by atoms with Crippen LogP contribution in [0.4, 0.5) is 10.1 Å². The van der Waals surface area contributed by atoms with Gasteiger partial charge in [0.15, 0.2) is 11.6 Å². The van der Waals surface area contributed by atoms with E-state index in [0.29, 0.717) is 0 Å². The zero-order valence-corrected chi connectivity index (χ0v) is 10.9. The van der Waals surface area contributed by atoms with Crippen LogP contribution in [0, 0.1) is 15.9 Å². The molecule has 2 rings (SSSR count). The van der Waals surface area contributed by atoms with E-state index in [0.717, 1.165) is 12.3 Å². The Morgan fingerprint density at radius 1 is 1.48 bits per heavy atom. The van der Waals surface area contributed by atoms with Gasteiger partial charge in [0.1, 0.15) is 0 Å². The van der Waals surface area contributed by atoms with Gasteiger partial charge in [0.25, 0.3) is 5.88 Å². The van der Waals surface area contributed by atoms with Crippen molar-refractivity contribution in [2.45, 2.75) is 0 Å². The smallest absolute Gasteiger partial charge is 0.337 e. The van der Waals surface area contributed by atoms with Gasteiger partial charge in [-0.2, -0.15) is 0 Å². The molecule has 21 heavy (non-hydrogen) atoms. The van der Waals surface area contributed by atoms with Crippen LogP contribution < -0.4 is 4.74 Å². The lowest BCUT2D eigenvalue weighted by molar-refractivity contribution is -0.386. The van der Waals surface area contributed by atoms with Crippen LogP contribution >= 0.6 is 11.6 Å². The lowest BCUT2D eigenvalue weighted by Crippen LogP contribution is -2.02. The summed E-state index contributed by atoms with van der Waals surface area (Å²) in [6.07, 6.45) is 0.868. The van der Waals surface area contributed by atoms with Crippen molar-refractivity contribution in [1.82, 2.24) is 4.98 Å². The topological polar surface area (TPSA) is 103 Å². The first-order valence-electron chi connectivity index (χ1n) is 5.39. The van der Waals surface area contributed by atoms with Crippen LogP contribution in [0.15, 0.2) is 30.5 Å². The first kappa shape index (κ1) is 14.7. The van der Waals surface area contributed by atoms with Crippen LogP contribution in [0.5, 0.6) is 11.6 Å². The highest BCUT2D eigenvalue weighted by Crippen LogP contribution is 2.33. The number of carbonyl (C=O) groups is 1. The predicted octanol–water partition coefficient (Wildman–Crippen LogP) is 3.27. The van der Waals surface area contributed by atoms with E-state index in [1.165, 1.54) is 18.2 Å². The fourth-order valence-electron chi connectivity index (χ4n) is 1.43. The summed E-state index contributed by atoms with van der Waals surface area (Å²) in [5.74, 6) is -3.18. The number of carboxylic acid groups (broad SMARTS) is 1. The van der Waals surface area contributed by atoms with Gasteiger partial charge in [-0.3, -0.25) is 10.1 Å². The van der Waals surface area contributed by atoms with E-state index in [-0.39, 0.29) is 16.3 Å². The number of rotatable bonds is 4. The largest absolute Gasteiger partial charge is 0.478 e. The lowest BCUT2D eigenvalue weighted by Gasteiger charge is -2.07. The minimum absolute atomic E-state index is 0.225. The van der Waals surface area contributed by atoms with E-state index in [9.17, 15) is 19.3 Å². The first-order chi connectivity index (χ1) is 9.90. The van der Waals surface area contributed by atoms with Gasteiger partial charge in [-0.1, -0.05) is 17.7 Å². The van der Waals surface area contributed by atoms with Crippen molar-refractivity contribution in [3.8, 4) is 11.6 Å². The zero-order chi connectivity index (χ0) is 15.6. The Bertz CT molecular complexity index is 738. The first-order valence-corrected chi connectivity index (χ1v) is 5.77. The second kappa shape index (κ2) is 5.71. The van der Waals surface area contributed by atoms with Gasteiger partial charge < -0.3 is 9.84 Å². The fourth-order valence-corrected chi connectivity index (χ4v) is 1.60. The molecular weight excluding hydrogens is 307 g/mol. The molecule has 0 aliphatic carbocycles. The highest BCUT2D eigenvalue weighted by atomic mass is 35.5. The second-order valence-electron chi connectivity index (χ2n) is 3.76. The molecule has 9 heteroatoms. The molecule has 0 aliphatic rings. The van der Waals surface area contributed by atoms with E-state index >= 15 is 0 Å². The summed E-state index contributed by atoms with van der Waals surface area (Å²) in [4.78, 5) is 24.3. The van der Waals surface area contributed by atoms with Crippen molar-refractivity contribution in [3.05, 3.63) is 57.0 Å². The molecule has 7 nitrogen and oxygen atoms in total. The van der Waals surface area contributed by atoms with Gasteiger partial charge in [-0.15, -0.1) is 0 Å². The number of pyridine rings is 1. The van der Waals surface area contributed by atoms with Crippen LogP contribution in [0.25, 0.3) is 0 Å². The van der Waals surface area contributed by atoms with Crippen molar-refractivity contribution in [2.75, 3.05) is 0 Å². The molecule has 0 radical (unpaired) electrons. The number of nitrogens with zero attached hydrogens (tertiary/aromatic N) is 2. The number of ether oxygens (including phenoxy) is 1. The maximum absolute atomic E-state index is 13.7. The van der Waals surface area contributed by atoms with Gasteiger partial charge in [0, 0.05) is 12.3 Å². The summed E-state index contributed by atoms with van der Waals surface area (Å²) in [7, 11) is 0. The molecule has 0 amide bonds. The molecule has 108 valence electrons. The highest BCUT2D eigenvalue weighted by molar-refractivity contribution is 6.30. The molecule has 0 atom stereocenters. The van der Waals surface area contributed by atoms with E-state index in [1.54, 1.807) is 0 Å². The van der Waals surface area contributed by atoms with Gasteiger partial charge in [0.05, 0.1) is 15.5 Å². The predicted molar refractivity (Wildman–Crippen MR) is 69.3 cm³/mol. The van der Waals surface area contributed by atoms with E-state index in [1.807, 2.05) is 0 Å². The molecule has 2 aromatic rings. The number of aromatic carboxylic acids is 1. The molecule has 0 spiro atoms. The highest BCUT2D eigenvalue weighted by Gasteiger charge is 2.22. The molecule has 1 N–H and O–H groups in total. The summed E-state index contributed by atoms with van der Waals surface area (Å²) in [6, 6.07) is 4.64. The number of hydrogen-bond acceptors (Lipinski definition) is 5. The zero-order valence-electron chi connectivity index (χ0n) is 10.1. The Kier molecular flexibility index (Phi) is 3.99. The average Bonchev–Trinajstić information content (AvgIpc) is 2.43. The minimum Gasteiger partial charge on any atom is -0.478 e. The Morgan fingerprint density at radius 3 is 2.81 bits per heavy atom. The third-order valence-electron chi connectivity index (χ3n) is 2.40. The third-order valence-corrected chi connectivity index (χ3v) is 2.69. The number of nitro groups is 1. The van der Waals surface area contributed by atoms with Gasteiger partial charge in [0.2, 0.25) is 0 Å². The van der Waals surface area contributed by atoms with Gasteiger partial charge >= 0.3 is 11.7 Å². The minimum atomic E-state index is -1.38. The van der Waals surface area contributed by atoms with Gasteiger partial charge in [-0.05, 0) is 12.1 Å². The van der Waals surface area contributed by atoms with Crippen LogP contribution in [-0.2, 0) is 0 Å². The normalized spacial score (nSPS) is 10.2. The number of hydrogen-bond donors (Lipinski definition) is 1. The van der Waals surface area contributed by atoms with Crippen molar-refractivity contribution in [2.24, 2.45) is 0 Å². The molecule has 0 bridgehead atoms. The second-order valence-corrected chi connectivity index (χ2v) is 4.17. The molecule has 1 heterocycles. The Labute approximate surface area is 121 Å². The van der Waals surface area contributed by atoms with Gasteiger partial charge in [-0.25, -0.2) is 14.2 Å². The van der Waals surface area contributed by atoms with E-state index in [4.69, 9.17) is 21.4 Å². The maximum Gasteiger partial charge on any atom is 0.337 e. The SMILES string of the molecule is O=C(O)c1cnc(Oc2cccc(Cl)c2F)c([N+](=O)[O-])c1. The fraction of sp³-hybridized carbons (Fsp3) is 0. The summed E-state index contributed by atoms with van der Waals surface area (Å²) < 4.78 is 18.7. The van der Waals surface area contributed by atoms with Crippen LogP contribution in [-0.4, -0.2) is 21.0 Å². The van der Waals surface area contributed by atoms with Crippen LogP contribution in [0.1, 0.15) is 10.4 Å². The molecule has 0 saturated heterocycles. The number of carboxylic acids is 1. The quantitative estimate of drug-likeness (QED) is 0.686. The number of benzene rings is 1. The summed E-state index contributed by atoms with van der Waals surface area (Å²) >= 11 is 5.56. The molecule has 0 fully saturated rings. The molecule has 1 aromatic heterocycles. The van der Waals surface area contributed by atoms with Crippen molar-refractivity contribution >= 4 is 23.3 Å². The van der Waals surface area contributed by atoms with Crippen molar-refractivity contribution in [1.29, 1.82) is 0 Å². The summed E-state index contributed by atoms with van der Waals surface area (Å²) in [6.45, 7) is 0. The number of halogens is 2. The van der Waals surface area contributed by atoms with Crippen LogP contribution in [0.3, 0.4) is 0 Å². The van der Waals surface area contributed by atoms with Crippen molar-refractivity contribution < 1.29 is 24.0 Å². The third kappa shape index (κ3) is 3.06. The molecule has 0 unspecified atom stereocenters.